The zero-order valence-corrected chi connectivity index (χ0v) is 12.9. The maximum absolute atomic E-state index is 12.0. The van der Waals surface area contributed by atoms with Crippen LogP contribution in [0.2, 0.25) is 0 Å². The number of rotatable bonds is 4. The molecular weight excluding hydrogens is 296 g/mol. The van der Waals surface area contributed by atoms with Gasteiger partial charge in [-0.15, -0.1) is 0 Å². The Hall–Kier alpha value is -1.83. The van der Waals surface area contributed by atoms with Crippen molar-refractivity contribution in [2.24, 2.45) is 0 Å². The Morgan fingerprint density at radius 3 is 2.86 bits per heavy atom. The number of aryl methyl sites for hydroxylation is 1. The monoisotopic (exact) mass is 312 g/mol. The predicted octanol–water partition coefficient (Wildman–Crippen LogP) is 1.54. The first-order valence-electron chi connectivity index (χ1n) is 6.54. The normalized spacial score (nSPS) is 18.1. The molecule has 0 spiro atoms. The van der Waals surface area contributed by atoms with Crippen molar-refractivity contribution in [1.82, 2.24) is 4.98 Å². The molecule has 0 aromatic carbocycles. The van der Waals surface area contributed by atoms with Gasteiger partial charge >= 0.3 is 12.0 Å². The third-order valence-corrected chi connectivity index (χ3v) is 3.88. The highest BCUT2D eigenvalue weighted by molar-refractivity contribution is 8.14. The molecule has 0 bridgehead atoms. The molecule has 7 nitrogen and oxygen atoms in total. The highest BCUT2D eigenvalue weighted by atomic mass is 32.2. The van der Waals surface area contributed by atoms with Crippen molar-refractivity contribution < 1.29 is 23.5 Å². The quantitative estimate of drug-likeness (QED) is 0.779. The van der Waals surface area contributed by atoms with Crippen molar-refractivity contribution in [3.63, 3.8) is 0 Å². The summed E-state index contributed by atoms with van der Waals surface area (Å²) >= 11 is 1.13. The molecule has 21 heavy (non-hydrogen) atoms. The van der Waals surface area contributed by atoms with E-state index >= 15 is 0 Å². The SMILES string of the molecule is CCOC(=O)c1oc(N2CC(SC(C)=O)CC2=O)nc1C. The molecule has 1 aromatic rings. The average molecular weight is 312 g/mol. The van der Waals surface area contributed by atoms with Crippen LogP contribution in [0.15, 0.2) is 4.42 Å². The maximum Gasteiger partial charge on any atom is 0.376 e. The standard InChI is InChI=1S/C13H16N2O5S/c1-4-19-12(18)11-7(2)14-13(20-11)15-6-9(5-10(15)17)21-8(3)16/h9H,4-6H2,1-3H3. The molecule has 1 amide bonds. The molecule has 2 heterocycles. The van der Waals surface area contributed by atoms with Crippen molar-refractivity contribution in [3.05, 3.63) is 11.5 Å². The molecule has 0 N–H and O–H groups in total. The third-order valence-electron chi connectivity index (χ3n) is 2.90. The number of carbonyl (C=O) groups excluding carboxylic acids is 3. The van der Waals surface area contributed by atoms with Gasteiger partial charge in [0.15, 0.2) is 5.12 Å². The number of esters is 1. The second-order valence-electron chi connectivity index (χ2n) is 4.57. The van der Waals surface area contributed by atoms with Gasteiger partial charge in [-0.3, -0.25) is 14.5 Å². The fourth-order valence-electron chi connectivity index (χ4n) is 2.06. The van der Waals surface area contributed by atoms with Gasteiger partial charge in [-0.2, -0.15) is 4.98 Å². The summed E-state index contributed by atoms with van der Waals surface area (Å²) in [6, 6.07) is 0.0761. The third kappa shape index (κ3) is 3.44. The molecule has 1 fully saturated rings. The van der Waals surface area contributed by atoms with Crippen LogP contribution in [0.5, 0.6) is 0 Å². The molecule has 2 rings (SSSR count). The van der Waals surface area contributed by atoms with Gasteiger partial charge in [0.2, 0.25) is 11.7 Å². The van der Waals surface area contributed by atoms with Crippen molar-refractivity contribution in [2.45, 2.75) is 32.4 Å². The number of thioether (sulfide) groups is 1. The number of carbonyl (C=O) groups is 3. The Bertz CT molecular complexity index is 583. The minimum atomic E-state index is -0.602. The van der Waals surface area contributed by atoms with Crippen LogP contribution in [0.25, 0.3) is 0 Å². The molecule has 1 aliphatic heterocycles. The summed E-state index contributed by atoms with van der Waals surface area (Å²) in [5.41, 5.74) is 0.374. The van der Waals surface area contributed by atoms with Crippen LogP contribution < -0.4 is 4.90 Å². The van der Waals surface area contributed by atoms with Crippen LogP contribution in [0.3, 0.4) is 0 Å². The van der Waals surface area contributed by atoms with Crippen LogP contribution in [-0.2, 0) is 14.3 Å². The number of nitrogens with zero attached hydrogens (tertiary/aromatic N) is 2. The largest absolute Gasteiger partial charge is 0.460 e. The van der Waals surface area contributed by atoms with Crippen LogP contribution in [0.1, 0.15) is 36.5 Å². The van der Waals surface area contributed by atoms with Crippen LogP contribution in [-0.4, -0.2) is 40.4 Å². The molecule has 114 valence electrons. The zero-order chi connectivity index (χ0) is 15.6. The molecule has 1 atom stereocenters. The first-order valence-corrected chi connectivity index (χ1v) is 7.42. The van der Waals surface area contributed by atoms with Gasteiger partial charge in [0.25, 0.3) is 0 Å². The molecule has 1 saturated heterocycles. The van der Waals surface area contributed by atoms with Gasteiger partial charge in [0.05, 0.1) is 12.3 Å². The van der Waals surface area contributed by atoms with Crippen molar-refractivity contribution >= 4 is 34.8 Å². The zero-order valence-electron chi connectivity index (χ0n) is 12.0. The van der Waals surface area contributed by atoms with E-state index in [1.54, 1.807) is 13.8 Å². The minimum absolute atomic E-state index is 0.00215. The highest BCUT2D eigenvalue weighted by Crippen LogP contribution is 2.29. The van der Waals surface area contributed by atoms with E-state index in [4.69, 9.17) is 9.15 Å². The smallest absolute Gasteiger partial charge is 0.376 e. The lowest BCUT2D eigenvalue weighted by Crippen LogP contribution is -2.25. The lowest BCUT2D eigenvalue weighted by atomic mass is 10.4. The number of aromatic nitrogens is 1. The Kier molecular flexibility index (Phi) is 4.66. The summed E-state index contributed by atoms with van der Waals surface area (Å²) in [5.74, 6) is -0.775. The Morgan fingerprint density at radius 2 is 2.24 bits per heavy atom. The second-order valence-corrected chi connectivity index (χ2v) is 6.05. The Labute approximate surface area is 126 Å². The second kappa shape index (κ2) is 6.30. The van der Waals surface area contributed by atoms with Crippen LogP contribution >= 0.6 is 11.8 Å². The number of hydrogen-bond acceptors (Lipinski definition) is 7. The van der Waals surface area contributed by atoms with Gasteiger partial charge in [-0.25, -0.2) is 4.79 Å². The molecule has 1 aromatic heterocycles. The van der Waals surface area contributed by atoms with E-state index in [0.29, 0.717) is 12.2 Å². The van der Waals surface area contributed by atoms with Crippen molar-refractivity contribution in [1.29, 1.82) is 0 Å². The number of hydrogen-bond donors (Lipinski definition) is 0. The Morgan fingerprint density at radius 1 is 1.52 bits per heavy atom. The van der Waals surface area contributed by atoms with Crippen LogP contribution in [0.4, 0.5) is 6.01 Å². The minimum Gasteiger partial charge on any atom is -0.460 e. The topological polar surface area (TPSA) is 89.7 Å². The highest BCUT2D eigenvalue weighted by Gasteiger charge is 2.35. The van der Waals surface area contributed by atoms with E-state index in [0.717, 1.165) is 11.8 Å². The number of oxazole rings is 1. The van der Waals surface area contributed by atoms with E-state index in [2.05, 4.69) is 4.98 Å². The number of anilines is 1. The summed E-state index contributed by atoms with van der Waals surface area (Å²) in [5, 5.41) is -0.154. The van der Waals surface area contributed by atoms with E-state index in [1.165, 1.54) is 11.8 Å². The maximum atomic E-state index is 12.0. The molecule has 8 heteroatoms. The summed E-state index contributed by atoms with van der Waals surface area (Å²) in [6.07, 6.45) is 0.250. The van der Waals surface area contributed by atoms with Gasteiger partial charge in [0, 0.05) is 25.1 Å². The summed E-state index contributed by atoms with van der Waals surface area (Å²) in [4.78, 5) is 40.2. The number of ether oxygens (including phenoxy) is 1. The summed E-state index contributed by atoms with van der Waals surface area (Å²) in [7, 11) is 0. The first-order chi connectivity index (χ1) is 9.92. The van der Waals surface area contributed by atoms with Gasteiger partial charge in [-0.05, 0) is 13.8 Å². The van der Waals surface area contributed by atoms with E-state index in [9.17, 15) is 14.4 Å². The Balaban J connectivity index is 2.15. The van der Waals surface area contributed by atoms with Crippen molar-refractivity contribution in [2.75, 3.05) is 18.1 Å². The van der Waals surface area contributed by atoms with E-state index in [-0.39, 0.29) is 41.1 Å². The van der Waals surface area contributed by atoms with Gasteiger partial charge < -0.3 is 9.15 Å². The average Bonchev–Trinajstić information content (AvgIpc) is 2.92. The fraction of sp³-hybridized carbons (Fsp3) is 0.538. The van der Waals surface area contributed by atoms with E-state index < -0.39 is 5.97 Å². The molecule has 0 saturated carbocycles. The molecule has 0 aliphatic carbocycles. The van der Waals surface area contributed by atoms with Gasteiger partial charge in [0.1, 0.15) is 0 Å². The molecular formula is C13H16N2O5S. The predicted molar refractivity (Wildman–Crippen MR) is 76.2 cm³/mol. The fourth-order valence-corrected chi connectivity index (χ4v) is 2.98. The molecule has 1 aliphatic rings. The van der Waals surface area contributed by atoms with Gasteiger partial charge in [-0.1, -0.05) is 11.8 Å². The number of amides is 1. The first kappa shape index (κ1) is 15.6. The molecule has 0 radical (unpaired) electrons. The van der Waals surface area contributed by atoms with Crippen molar-refractivity contribution in [3.8, 4) is 0 Å². The van der Waals surface area contributed by atoms with Crippen LogP contribution in [0, 0.1) is 6.92 Å². The van der Waals surface area contributed by atoms with E-state index in [1.807, 2.05) is 0 Å². The summed E-state index contributed by atoms with van der Waals surface area (Å²) < 4.78 is 10.2. The lowest BCUT2D eigenvalue weighted by molar-refractivity contribution is -0.117. The lowest BCUT2D eigenvalue weighted by Gasteiger charge is -2.10. The molecule has 1 unspecified atom stereocenters. The summed E-state index contributed by atoms with van der Waals surface area (Å²) in [6.45, 7) is 5.34.